The second-order valence-corrected chi connectivity index (χ2v) is 9.35. The van der Waals surface area contributed by atoms with Gasteiger partial charge in [-0.2, -0.15) is 4.31 Å². The minimum Gasteiger partial charge on any atom is -0.229 e. The second-order valence-electron chi connectivity index (χ2n) is 4.84. The Kier molecular flexibility index (Phi) is 5.68. The van der Waals surface area contributed by atoms with Crippen molar-refractivity contribution in [1.82, 2.24) is 4.31 Å². The van der Waals surface area contributed by atoms with Crippen LogP contribution in [-0.4, -0.2) is 56.9 Å². The topological polar surface area (TPSA) is 71.5 Å². The lowest BCUT2D eigenvalue weighted by molar-refractivity contribution is 0.368. The van der Waals surface area contributed by atoms with Gasteiger partial charge in [-0.05, 0) is 12.3 Å². The van der Waals surface area contributed by atoms with Crippen LogP contribution in [0.3, 0.4) is 0 Å². The van der Waals surface area contributed by atoms with Crippen molar-refractivity contribution in [1.29, 1.82) is 0 Å². The highest BCUT2D eigenvalue weighted by molar-refractivity contribution is 7.92. The lowest BCUT2D eigenvalue weighted by Crippen LogP contribution is -2.43. The van der Waals surface area contributed by atoms with Crippen LogP contribution < -0.4 is 0 Å². The highest BCUT2D eigenvalue weighted by Gasteiger charge is 2.37. The average molecular weight is 328 g/mol. The highest BCUT2D eigenvalue weighted by Crippen LogP contribution is 2.21. The van der Waals surface area contributed by atoms with Crippen molar-refractivity contribution in [3.05, 3.63) is 0 Å². The molecule has 0 aromatic carbocycles. The molecule has 0 amide bonds. The molecule has 0 aromatic heterocycles. The van der Waals surface area contributed by atoms with Gasteiger partial charge in [-0.3, -0.25) is 0 Å². The number of terminal acetylenes is 1. The zero-order chi connectivity index (χ0) is 14.7. The van der Waals surface area contributed by atoms with Gasteiger partial charge in [-0.1, -0.05) is 12.8 Å². The molecule has 2 unspecified atom stereocenters. The third-order valence-corrected chi connectivity index (χ3v) is 7.39. The Morgan fingerprint density at radius 2 is 2.16 bits per heavy atom. The summed E-state index contributed by atoms with van der Waals surface area (Å²) in [6.45, 7) is 1.63. The van der Waals surface area contributed by atoms with Crippen LogP contribution in [0.1, 0.15) is 13.3 Å². The maximum atomic E-state index is 12.3. The summed E-state index contributed by atoms with van der Waals surface area (Å²) in [7, 11) is -6.74. The Hall–Kier alpha value is -0.290. The predicted molar refractivity (Wildman–Crippen MR) is 76.3 cm³/mol. The number of sulfonamides is 1. The summed E-state index contributed by atoms with van der Waals surface area (Å²) < 4.78 is 48.6. The Morgan fingerprint density at radius 1 is 1.53 bits per heavy atom. The molecule has 5 nitrogen and oxygen atoms in total. The quantitative estimate of drug-likeness (QED) is 0.520. The standard InChI is InChI=1S/C11H18ClNO4S2/c1-3-5-13(11-4-6-18(14,15)9-11)19(16,17)8-10(2)7-12/h1,10-11H,4-9H2,2H3. The van der Waals surface area contributed by atoms with Crippen molar-refractivity contribution < 1.29 is 16.8 Å². The van der Waals surface area contributed by atoms with Crippen molar-refractivity contribution in [3.8, 4) is 12.3 Å². The summed E-state index contributed by atoms with van der Waals surface area (Å²) in [5.41, 5.74) is 0. The molecule has 0 aliphatic carbocycles. The van der Waals surface area contributed by atoms with Gasteiger partial charge >= 0.3 is 0 Å². The van der Waals surface area contributed by atoms with E-state index in [9.17, 15) is 16.8 Å². The number of sulfone groups is 1. The zero-order valence-corrected chi connectivity index (χ0v) is 13.1. The fourth-order valence-corrected chi connectivity index (χ4v) is 6.04. The molecular weight excluding hydrogens is 310 g/mol. The Balaban J connectivity index is 2.92. The van der Waals surface area contributed by atoms with Gasteiger partial charge in [0.25, 0.3) is 0 Å². The van der Waals surface area contributed by atoms with Crippen LogP contribution in [-0.2, 0) is 19.9 Å². The van der Waals surface area contributed by atoms with Crippen molar-refractivity contribution in [2.75, 3.05) is 29.7 Å². The van der Waals surface area contributed by atoms with E-state index in [1.807, 2.05) is 0 Å². The van der Waals surface area contributed by atoms with E-state index in [2.05, 4.69) is 5.92 Å². The molecule has 2 atom stereocenters. The molecule has 1 heterocycles. The van der Waals surface area contributed by atoms with Gasteiger partial charge in [0, 0.05) is 11.9 Å². The van der Waals surface area contributed by atoms with Gasteiger partial charge in [0.2, 0.25) is 10.0 Å². The number of nitrogens with zero attached hydrogens (tertiary/aromatic N) is 1. The van der Waals surface area contributed by atoms with Gasteiger partial charge < -0.3 is 0 Å². The summed E-state index contributed by atoms with van der Waals surface area (Å²) in [4.78, 5) is 0. The van der Waals surface area contributed by atoms with Gasteiger partial charge in [0.05, 0.1) is 23.8 Å². The van der Waals surface area contributed by atoms with Crippen LogP contribution in [0.15, 0.2) is 0 Å². The largest absolute Gasteiger partial charge is 0.229 e. The first-order valence-corrected chi connectivity index (χ1v) is 9.87. The van der Waals surface area contributed by atoms with Crippen LogP contribution in [0, 0.1) is 18.3 Å². The summed E-state index contributed by atoms with van der Waals surface area (Å²) in [6.07, 6.45) is 5.50. The molecule has 1 aliphatic heterocycles. The number of hydrogen-bond donors (Lipinski definition) is 0. The first-order chi connectivity index (χ1) is 8.72. The van der Waals surface area contributed by atoms with E-state index in [4.69, 9.17) is 18.0 Å². The van der Waals surface area contributed by atoms with E-state index in [1.54, 1.807) is 6.92 Å². The lowest BCUT2D eigenvalue weighted by Gasteiger charge is -2.26. The van der Waals surface area contributed by atoms with Gasteiger partial charge in [-0.25, -0.2) is 16.8 Å². The molecule has 1 saturated heterocycles. The minimum atomic E-state index is -3.59. The van der Waals surface area contributed by atoms with Crippen LogP contribution in [0.25, 0.3) is 0 Å². The van der Waals surface area contributed by atoms with E-state index in [0.717, 1.165) is 4.31 Å². The van der Waals surface area contributed by atoms with Gasteiger partial charge in [0.1, 0.15) is 0 Å². The Morgan fingerprint density at radius 3 is 2.58 bits per heavy atom. The third-order valence-electron chi connectivity index (χ3n) is 2.98. The third kappa shape index (κ3) is 4.63. The van der Waals surface area contributed by atoms with Crippen LogP contribution in [0.4, 0.5) is 0 Å². The molecule has 110 valence electrons. The SMILES string of the molecule is C#CCN(C1CCS(=O)(=O)C1)S(=O)(=O)CC(C)CCl. The molecular formula is C11H18ClNO4S2. The fourth-order valence-electron chi connectivity index (χ4n) is 2.05. The van der Waals surface area contributed by atoms with E-state index in [-0.39, 0.29) is 35.6 Å². The normalized spacial score (nSPS) is 24.2. The number of halogens is 1. The molecule has 8 heteroatoms. The molecule has 0 spiro atoms. The molecule has 1 aliphatic rings. The van der Waals surface area contributed by atoms with Crippen LogP contribution in [0.2, 0.25) is 0 Å². The summed E-state index contributed by atoms with van der Waals surface area (Å²) >= 11 is 5.63. The molecule has 0 radical (unpaired) electrons. The lowest BCUT2D eigenvalue weighted by atomic mass is 10.2. The number of rotatable bonds is 6. The second kappa shape index (κ2) is 6.44. The number of alkyl halides is 1. The first-order valence-electron chi connectivity index (χ1n) is 5.91. The maximum Gasteiger partial charge on any atom is 0.215 e. The van der Waals surface area contributed by atoms with Crippen LogP contribution >= 0.6 is 11.6 Å². The first kappa shape index (κ1) is 16.8. The average Bonchev–Trinajstić information content (AvgIpc) is 2.65. The molecule has 1 rings (SSSR count). The van der Waals surface area contributed by atoms with Crippen molar-refractivity contribution in [2.24, 2.45) is 5.92 Å². The van der Waals surface area contributed by atoms with E-state index >= 15 is 0 Å². The molecule has 0 aromatic rings. The monoisotopic (exact) mass is 327 g/mol. The predicted octanol–water partition coefficient (Wildman–Crippen LogP) is 0.313. The summed E-state index contributed by atoms with van der Waals surface area (Å²) in [5.74, 6) is 2.06. The van der Waals surface area contributed by atoms with Crippen molar-refractivity contribution in [3.63, 3.8) is 0 Å². The van der Waals surface area contributed by atoms with E-state index in [1.165, 1.54) is 0 Å². The molecule has 0 saturated carbocycles. The van der Waals surface area contributed by atoms with Gasteiger partial charge in [-0.15, -0.1) is 18.0 Å². The van der Waals surface area contributed by atoms with E-state index in [0.29, 0.717) is 6.42 Å². The van der Waals surface area contributed by atoms with Crippen molar-refractivity contribution >= 4 is 31.5 Å². The molecule has 1 fully saturated rings. The summed E-state index contributed by atoms with van der Waals surface area (Å²) in [6, 6.07) is -0.548. The Bertz CT molecular complexity index is 550. The molecule has 19 heavy (non-hydrogen) atoms. The summed E-state index contributed by atoms with van der Waals surface area (Å²) in [5, 5.41) is 0. The highest BCUT2D eigenvalue weighted by atomic mass is 35.5. The maximum absolute atomic E-state index is 12.3. The zero-order valence-electron chi connectivity index (χ0n) is 10.7. The fraction of sp³-hybridized carbons (Fsp3) is 0.818. The minimum absolute atomic E-state index is 0.0132. The van der Waals surface area contributed by atoms with Gasteiger partial charge in [0.15, 0.2) is 9.84 Å². The van der Waals surface area contributed by atoms with Crippen molar-refractivity contribution in [2.45, 2.75) is 19.4 Å². The van der Waals surface area contributed by atoms with Crippen LogP contribution in [0.5, 0.6) is 0 Å². The smallest absolute Gasteiger partial charge is 0.215 e. The molecule has 0 N–H and O–H groups in total. The number of hydrogen-bond acceptors (Lipinski definition) is 4. The molecule has 0 bridgehead atoms. The van der Waals surface area contributed by atoms with E-state index < -0.39 is 25.9 Å². The Labute approximate surface area is 120 Å².